The van der Waals surface area contributed by atoms with Gasteiger partial charge in [0.25, 0.3) is 0 Å². The second kappa shape index (κ2) is 4.93. The van der Waals surface area contributed by atoms with Crippen molar-refractivity contribution in [2.24, 2.45) is 0 Å². The third-order valence-electron chi connectivity index (χ3n) is 2.92. The van der Waals surface area contributed by atoms with Gasteiger partial charge in [-0.1, -0.05) is 38.9 Å². The van der Waals surface area contributed by atoms with Gasteiger partial charge in [-0.3, -0.25) is 0 Å². The largest absolute Gasteiger partial charge is 0.109 e. The van der Waals surface area contributed by atoms with Crippen LogP contribution in [0.25, 0.3) is 0 Å². The minimum atomic E-state index is -0.775. The van der Waals surface area contributed by atoms with Crippen molar-refractivity contribution in [2.45, 2.75) is 57.4 Å². The average Bonchev–Trinajstić information content (AvgIpc) is 2.03. The van der Waals surface area contributed by atoms with Gasteiger partial charge in [0, 0.05) is 8.07 Å². The molecule has 1 saturated carbocycles. The second-order valence-electron chi connectivity index (χ2n) is 5.77. The fourth-order valence-corrected chi connectivity index (χ4v) is 10.7. The van der Waals surface area contributed by atoms with Gasteiger partial charge in [-0.2, -0.15) is 0 Å². The molecule has 0 aromatic rings. The van der Waals surface area contributed by atoms with E-state index in [4.69, 9.17) is 0 Å². The Morgan fingerprint density at radius 3 is 2.08 bits per heavy atom. The minimum Gasteiger partial charge on any atom is -0.109 e. The lowest BCUT2D eigenvalue weighted by molar-refractivity contribution is 0.511. The molecule has 13 heavy (non-hydrogen) atoms. The maximum absolute atomic E-state index is 2.56. The van der Waals surface area contributed by atoms with Gasteiger partial charge in [0.15, 0.2) is 0 Å². The summed E-state index contributed by atoms with van der Waals surface area (Å²) in [5.74, 6) is 1.60. The molecule has 78 valence electrons. The molecular formula is C11H25PSi. The summed E-state index contributed by atoms with van der Waals surface area (Å²) in [6, 6.07) is 0. The van der Waals surface area contributed by atoms with Crippen molar-refractivity contribution < 1.29 is 0 Å². The Bertz CT molecular complexity index is 145. The van der Waals surface area contributed by atoms with Crippen molar-refractivity contribution >= 4 is 16.0 Å². The molecule has 0 N–H and O–H groups in total. The molecule has 0 aromatic carbocycles. The van der Waals surface area contributed by atoms with E-state index in [9.17, 15) is 0 Å². The number of hydrogen-bond donors (Lipinski definition) is 0. The summed E-state index contributed by atoms with van der Waals surface area (Å²) in [6.07, 6.45) is 7.64. The molecule has 1 rings (SSSR count). The fraction of sp³-hybridized carbons (Fsp3) is 1.00. The van der Waals surface area contributed by atoms with Crippen LogP contribution >= 0.6 is 7.92 Å². The third kappa shape index (κ3) is 4.60. The topological polar surface area (TPSA) is 0 Å². The van der Waals surface area contributed by atoms with E-state index >= 15 is 0 Å². The standard InChI is InChI=1S/C11H25PSi/c1-12(10-13(2,3)4)11-8-6-5-7-9-11/h11H,5-10H2,1-4H3. The molecule has 1 fully saturated rings. The smallest absolute Gasteiger partial charge is 0.0485 e. The molecule has 0 amide bonds. The summed E-state index contributed by atoms with van der Waals surface area (Å²) in [5.41, 5.74) is 1.13. The highest BCUT2D eigenvalue weighted by Crippen LogP contribution is 2.46. The molecule has 0 aromatic heterocycles. The fourth-order valence-electron chi connectivity index (χ4n) is 2.40. The van der Waals surface area contributed by atoms with Gasteiger partial charge < -0.3 is 0 Å². The first kappa shape index (κ1) is 11.7. The Labute approximate surface area is 86.3 Å². The van der Waals surface area contributed by atoms with E-state index < -0.39 is 8.07 Å². The van der Waals surface area contributed by atoms with Crippen LogP contribution in [0.15, 0.2) is 0 Å². The Morgan fingerprint density at radius 1 is 1.08 bits per heavy atom. The van der Waals surface area contributed by atoms with Gasteiger partial charge in [0.1, 0.15) is 0 Å². The van der Waals surface area contributed by atoms with Crippen LogP contribution in [0.5, 0.6) is 0 Å². The van der Waals surface area contributed by atoms with Gasteiger partial charge in [0.2, 0.25) is 0 Å². The van der Waals surface area contributed by atoms with Crippen molar-refractivity contribution in [2.75, 3.05) is 12.5 Å². The monoisotopic (exact) mass is 216 g/mol. The molecule has 1 unspecified atom stereocenters. The molecule has 1 atom stereocenters. The molecule has 0 aliphatic heterocycles. The summed E-state index contributed by atoms with van der Waals surface area (Å²) < 4.78 is 0. The summed E-state index contributed by atoms with van der Waals surface area (Å²) in [7, 11) is -0.401. The van der Waals surface area contributed by atoms with Crippen LogP contribution < -0.4 is 0 Å². The number of rotatable bonds is 3. The molecule has 1 aliphatic carbocycles. The van der Waals surface area contributed by atoms with Crippen molar-refractivity contribution in [1.82, 2.24) is 0 Å². The SMILES string of the molecule is CP(C[Si](C)(C)C)C1CCCCC1. The highest BCUT2D eigenvalue weighted by molar-refractivity contribution is 7.60. The van der Waals surface area contributed by atoms with Crippen LogP contribution in [0.4, 0.5) is 0 Å². The van der Waals surface area contributed by atoms with Gasteiger partial charge in [0.05, 0.1) is 0 Å². The zero-order valence-corrected chi connectivity index (χ0v) is 11.7. The van der Waals surface area contributed by atoms with Crippen molar-refractivity contribution in [1.29, 1.82) is 0 Å². The van der Waals surface area contributed by atoms with Crippen molar-refractivity contribution in [3.8, 4) is 0 Å². The van der Waals surface area contributed by atoms with Gasteiger partial charge in [-0.25, -0.2) is 0 Å². The molecule has 0 nitrogen and oxygen atoms in total. The predicted octanol–water partition coefficient (Wildman–Crippen LogP) is 4.31. The van der Waals surface area contributed by atoms with E-state index in [0.29, 0.717) is 7.92 Å². The van der Waals surface area contributed by atoms with Crippen LogP contribution in [0.3, 0.4) is 0 Å². The first-order valence-corrected chi connectivity index (χ1v) is 11.4. The zero-order chi connectivity index (χ0) is 9.90. The number of hydrogen-bond acceptors (Lipinski definition) is 0. The predicted molar refractivity (Wildman–Crippen MR) is 67.9 cm³/mol. The second-order valence-corrected chi connectivity index (χ2v) is 14.4. The average molecular weight is 216 g/mol. The van der Waals surface area contributed by atoms with Crippen LogP contribution in [-0.4, -0.2) is 26.2 Å². The van der Waals surface area contributed by atoms with E-state index in [0.717, 1.165) is 5.66 Å². The minimum absolute atomic E-state index is 0.375. The highest BCUT2D eigenvalue weighted by atomic mass is 31.1. The summed E-state index contributed by atoms with van der Waals surface area (Å²) in [5, 5.41) is 0. The Balaban J connectivity index is 2.33. The lowest BCUT2D eigenvalue weighted by Crippen LogP contribution is -2.27. The van der Waals surface area contributed by atoms with Crippen LogP contribution in [0.1, 0.15) is 32.1 Å². The lowest BCUT2D eigenvalue weighted by atomic mass is 10.0. The third-order valence-corrected chi connectivity index (χ3v) is 10.5. The highest BCUT2D eigenvalue weighted by Gasteiger charge is 2.24. The van der Waals surface area contributed by atoms with Crippen molar-refractivity contribution in [3.63, 3.8) is 0 Å². The van der Waals surface area contributed by atoms with Gasteiger partial charge >= 0.3 is 0 Å². The summed E-state index contributed by atoms with van der Waals surface area (Å²) in [6.45, 7) is 10.1. The molecule has 0 saturated heterocycles. The van der Waals surface area contributed by atoms with E-state index in [1.54, 1.807) is 18.6 Å². The van der Waals surface area contributed by atoms with Crippen LogP contribution in [0, 0.1) is 0 Å². The normalized spacial score (nSPS) is 23.1. The van der Waals surface area contributed by atoms with E-state index in [1.807, 2.05) is 0 Å². The molecular weight excluding hydrogens is 191 g/mol. The van der Waals surface area contributed by atoms with Crippen LogP contribution in [-0.2, 0) is 0 Å². The molecule has 2 heteroatoms. The maximum Gasteiger partial charge on any atom is 0.0485 e. The van der Waals surface area contributed by atoms with Gasteiger partial charge in [-0.15, -0.1) is 7.92 Å². The Hall–Kier alpha value is 0.647. The first-order valence-electron chi connectivity index (χ1n) is 5.69. The summed E-state index contributed by atoms with van der Waals surface area (Å²) in [4.78, 5) is 0. The Morgan fingerprint density at radius 2 is 1.62 bits per heavy atom. The first-order chi connectivity index (χ1) is 5.99. The maximum atomic E-state index is 2.56. The quantitative estimate of drug-likeness (QED) is 0.487. The lowest BCUT2D eigenvalue weighted by Gasteiger charge is -2.31. The summed E-state index contributed by atoms with van der Waals surface area (Å²) >= 11 is 0. The molecule has 1 aliphatic rings. The van der Waals surface area contributed by atoms with E-state index in [2.05, 4.69) is 26.3 Å². The molecule has 0 radical (unpaired) electrons. The molecule has 0 bridgehead atoms. The van der Waals surface area contributed by atoms with Crippen LogP contribution in [0.2, 0.25) is 19.6 Å². The van der Waals surface area contributed by atoms with Crippen molar-refractivity contribution in [3.05, 3.63) is 0 Å². The van der Waals surface area contributed by atoms with E-state index in [-0.39, 0.29) is 0 Å². The molecule has 0 spiro atoms. The molecule has 0 heterocycles. The van der Waals surface area contributed by atoms with Gasteiger partial charge in [-0.05, 0) is 31.0 Å². The van der Waals surface area contributed by atoms with E-state index in [1.165, 1.54) is 19.3 Å². The zero-order valence-electron chi connectivity index (χ0n) is 9.77. The Kier molecular flexibility index (Phi) is 4.45.